The zero-order valence-corrected chi connectivity index (χ0v) is 14.8. The van der Waals surface area contributed by atoms with E-state index in [0.717, 1.165) is 24.6 Å². The summed E-state index contributed by atoms with van der Waals surface area (Å²) in [6.07, 6.45) is 5.13. The van der Waals surface area contributed by atoms with Gasteiger partial charge in [-0.05, 0) is 37.3 Å². The normalized spacial score (nSPS) is 21.7. The molecular formula is C17H22N4O3S. The van der Waals surface area contributed by atoms with E-state index in [1.165, 1.54) is 17.1 Å². The van der Waals surface area contributed by atoms with E-state index in [1.807, 2.05) is 12.3 Å². The fourth-order valence-corrected chi connectivity index (χ4v) is 4.57. The van der Waals surface area contributed by atoms with Crippen LogP contribution in [0.1, 0.15) is 31.0 Å². The fraction of sp³-hybridized carbons (Fsp3) is 0.529. The number of sulfonamides is 1. The molecule has 1 saturated carbocycles. The first-order chi connectivity index (χ1) is 12.1. The maximum absolute atomic E-state index is 12.7. The van der Waals surface area contributed by atoms with Gasteiger partial charge in [0, 0.05) is 19.7 Å². The molecule has 7 nitrogen and oxygen atoms in total. The van der Waals surface area contributed by atoms with Crippen LogP contribution in [0.5, 0.6) is 0 Å². The molecule has 25 heavy (non-hydrogen) atoms. The third-order valence-corrected chi connectivity index (χ3v) is 6.62. The molecule has 1 aromatic carbocycles. The van der Waals surface area contributed by atoms with Crippen molar-refractivity contribution in [1.82, 2.24) is 19.3 Å². The van der Waals surface area contributed by atoms with Crippen molar-refractivity contribution < 1.29 is 13.2 Å². The standard InChI is InChI=1S/C17H22N4O3S/c22-25(23,17-4-2-1-3-5-17)20-9-8-16(11-20)21-10-15(18-19-21)13-24-12-14-6-7-14/h1-5,10,14,16H,6-9,11-13H2. The molecule has 1 aliphatic heterocycles. The van der Waals surface area contributed by atoms with E-state index < -0.39 is 10.0 Å². The highest BCUT2D eigenvalue weighted by Gasteiger charge is 2.33. The molecule has 0 amide bonds. The lowest BCUT2D eigenvalue weighted by Crippen LogP contribution is -2.29. The van der Waals surface area contributed by atoms with E-state index in [9.17, 15) is 8.42 Å². The zero-order chi connectivity index (χ0) is 17.3. The van der Waals surface area contributed by atoms with Crippen molar-refractivity contribution in [3.63, 3.8) is 0 Å². The number of nitrogens with zero attached hydrogens (tertiary/aromatic N) is 4. The van der Waals surface area contributed by atoms with Crippen molar-refractivity contribution in [2.45, 2.75) is 36.8 Å². The van der Waals surface area contributed by atoms with Gasteiger partial charge in [0.2, 0.25) is 10.0 Å². The van der Waals surface area contributed by atoms with Crippen LogP contribution in [-0.4, -0.2) is 47.4 Å². The van der Waals surface area contributed by atoms with Crippen LogP contribution < -0.4 is 0 Å². The summed E-state index contributed by atoms with van der Waals surface area (Å²) in [4.78, 5) is 0.336. The molecule has 0 radical (unpaired) electrons. The lowest BCUT2D eigenvalue weighted by Gasteiger charge is -2.16. The van der Waals surface area contributed by atoms with Gasteiger partial charge in [-0.3, -0.25) is 0 Å². The van der Waals surface area contributed by atoms with Gasteiger partial charge in [-0.15, -0.1) is 5.10 Å². The Morgan fingerprint density at radius 2 is 1.96 bits per heavy atom. The van der Waals surface area contributed by atoms with E-state index in [2.05, 4.69) is 10.3 Å². The third-order valence-electron chi connectivity index (χ3n) is 4.74. The summed E-state index contributed by atoms with van der Waals surface area (Å²) in [5, 5.41) is 8.31. The van der Waals surface area contributed by atoms with Crippen LogP contribution in [0.4, 0.5) is 0 Å². The van der Waals surface area contributed by atoms with Crippen LogP contribution in [0, 0.1) is 5.92 Å². The number of rotatable bonds is 7. The van der Waals surface area contributed by atoms with Gasteiger partial charge in [-0.1, -0.05) is 23.4 Å². The summed E-state index contributed by atoms with van der Waals surface area (Å²) in [6, 6.07) is 8.58. The molecule has 2 fully saturated rings. The molecule has 0 spiro atoms. The minimum atomic E-state index is -3.44. The molecule has 0 N–H and O–H groups in total. The van der Waals surface area contributed by atoms with Crippen molar-refractivity contribution in [2.75, 3.05) is 19.7 Å². The van der Waals surface area contributed by atoms with Gasteiger partial charge in [-0.2, -0.15) is 4.31 Å². The smallest absolute Gasteiger partial charge is 0.243 e. The summed E-state index contributed by atoms with van der Waals surface area (Å²) >= 11 is 0. The van der Waals surface area contributed by atoms with Crippen molar-refractivity contribution in [1.29, 1.82) is 0 Å². The van der Waals surface area contributed by atoms with Gasteiger partial charge in [0.15, 0.2) is 0 Å². The Hall–Kier alpha value is -1.77. The fourth-order valence-electron chi connectivity index (χ4n) is 3.06. The Morgan fingerprint density at radius 3 is 2.72 bits per heavy atom. The van der Waals surface area contributed by atoms with Gasteiger partial charge >= 0.3 is 0 Å². The molecule has 134 valence electrons. The van der Waals surface area contributed by atoms with E-state index in [4.69, 9.17) is 4.74 Å². The molecule has 1 unspecified atom stereocenters. The number of hydrogen-bond acceptors (Lipinski definition) is 5. The zero-order valence-electron chi connectivity index (χ0n) is 14.0. The summed E-state index contributed by atoms with van der Waals surface area (Å²) in [5.41, 5.74) is 0.796. The van der Waals surface area contributed by atoms with Gasteiger partial charge in [0.1, 0.15) is 5.69 Å². The second-order valence-electron chi connectivity index (χ2n) is 6.77. The lowest BCUT2D eigenvalue weighted by atomic mass is 10.3. The number of ether oxygens (including phenoxy) is 1. The molecule has 1 saturated heterocycles. The average Bonchev–Trinajstić information content (AvgIpc) is 3.11. The molecule has 1 aromatic heterocycles. The Morgan fingerprint density at radius 1 is 1.16 bits per heavy atom. The Kier molecular flexibility index (Phi) is 4.58. The maximum atomic E-state index is 12.7. The molecule has 2 aromatic rings. The Balaban J connectivity index is 1.38. The van der Waals surface area contributed by atoms with Crippen LogP contribution in [0.2, 0.25) is 0 Å². The predicted octanol–water partition coefficient (Wildman–Crippen LogP) is 1.84. The van der Waals surface area contributed by atoms with Crippen molar-refractivity contribution in [3.05, 3.63) is 42.2 Å². The molecular weight excluding hydrogens is 340 g/mol. The van der Waals surface area contributed by atoms with E-state index in [0.29, 0.717) is 24.6 Å². The Bertz CT molecular complexity index is 817. The highest BCUT2D eigenvalue weighted by molar-refractivity contribution is 7.89. The molecule has 1 atom stereocenters. The summed E-state index contributed by atoms with van der Waals surface area (Å²) in [5.74, 6) is 0.724. The third kappa shape index (κ3) is 3.75. The summed E-state index contributed by atoms with van der Waals surface area (Å²) in [7, 11) is -3.44. The monoisotopic (exact) mass is 362 g/mol. The van der Waals surface area contributed by atoms with Gasteiger partial charge < -0.3 is 4.74 Å². The van der Waals surface area contributed by atoms with Crippen LogP contribution in [0.15, 0.2) is 41.4 Å². The quantitative estimate of drug-likeness (QED) is 0.751. The average molecular weight is 362 g/mol. The summed E-state index contributed by atoms with van der Waals surface area (Å²) in [6.45, 7) is 2.17. The largest absolute Gasteiger partial charge is 0.375 e. The topological polar surface area (TPSA) is 77.3 Å². The predicted molar refractivity (Wildman–Crippen MR) is 91.3 cm³/mol. The second kappa shape index (κ2) is 6.86. The molecule has 2 heterocycles. The maximum Gasteiger partial charge on any atom is 0.243 e. The molecule has 2 aliphatic rings. The molecule has 1 aliphatic carbocycles. The van der Waals surface area contributed by atoms with Crippen molar-refractivity contribution >= 4 is 10.0 Å². The van der Waals surface area contributed by atoms with Crippen LogP contribution in [0.3, 0.4) is 0 Å². The summed E-state index contributed by atoms with van der Waals surface area (Å²) < 4.78 is 34.3. The highest BCUT2D eigenvalue weighted by Crippen LogP contribution is 2.29. The van der Waals surface area contributed by atoms with Crippen LogP contribution in [-0.2, 0) is 21.4 Å². The minimum Gasteiger partial charge on any atom is -0.375 e. The van der Waals surface area contributed by atoms with Crippen LogP contribution >= 0.6 is 0 Å². The van der Waals surface area contributed by atoms with Crippen molar-refractivity contribution in [2.24, 2.45) is 5.92 Å². The number of benzene rings is 1. The van der Waals surface area contributed by atoms with Gasteiger partial charge in [-0.25, -0.2) is 13.1 Å². The first-order valence-corrected chi connectivity index (χ1v) is 10.1. The van der Waals surface area contributed by atoms with Gasteiger partial charge in [0.25, 0.3) is 0 Å². The van der Waals surface area contributed by atoms with E-state index in [-0.39, 0.29) is 6.04 Å². The highest BCUT2D eigenvalue weighted by atomic mass is 32.2. The van der Waals surface area contributed by atoms with Gasteiger partial charge in [0.05, 0.1) is 23.7 Å². The van der Waals surface area contributed by atoms with E-state index >= 15 is 0 Å². The lowest BCUT2D eigenvalue weighted by molar-refractivity contribution is 0.108. The molecule has 4 rings (SSSR count). The Labute approximate surface area is 147 Å². The minimum absolute atomic E-state index is 0.0168. The number of hydrogen-bond donors (Lipinski definition) is 0. The molecule has 8 heteroatoms. The first-order valence-electron chi connectivity index (χ1n) is 8.66. The van der Waals surface area contributed by atoms with Crippen molar-refractivity contribution in [3.8, 4) is 0 Å². The molecule has 0 bridgehead atoms. The van der Waals surface area contributed by atoms with Crippen LogP contribution in [0.25, 0.3) is 0 Å². The second-order valence-corrected chi connectivity index (χ2v) is 8.70. The van der Waals surface area contributed by atoms with E-state index in [1.54, 1.807) is 28.9 Å². The SMILES string of the molecule is O=S(=O)(c1ccccc1)N1CCC(n2cc(COCC3CC3)nn2)C1. The number of aromatic nitrogens is 3. The first kappa shape index (κ1) is 16.7.